The number of rotatable bonds is 15. The Hall–Kier alpha value is -9.39. The lowest BCUT2D eigenvalue weighted by atomic mass is 9.87. The summed E-state index contributed by atoms with van der Waals surface area (Å²) in [5.41, 5.74) is -3.81. The summed E-state index contributed by atoms with van der Waals surface area (Å²) < 4.78 is 198. The van der Waals surface area contributed by atoms with E-state index in [1.807, 2.05) is 0 Å². The number of alkyl halides is 3. The summed E-state index contributed by atoms with van der Waals surface area (Å²) in [6.07, 6.45) is 6.50. The maximum absolute atomic E-state index is 15.3. The summed E-state index contributed by atoms with van der Waals surface area (Å²) in [5, 5.41) is 27.1. The highest BCUT2D eigenvalue weighted by atomic mass is 19.2. The van der Waals surface area contributed by atoms with Crippen molar-refractivity contribution < 1.29 is 95.6 Å². The number of carboxylic acids is 3. The molecule has 6 aromatic carbocycles. The van der Waals surface area contributed by atoms with E-state index in [0.717, 1.165) is 72.9 Å². The molecule has 0 fully saturated rings. The first-order valence-electron chi connectivity index (χ1n) is 31.5. The Labute approximate surface area is 560 Å². The summed E-state index contributed by atoms with van der Waals surface area (Å²) in [4.78, 5) is 37.1. The fourth-order valence-electron chi connectivity index (χ4n) is 13.6. The highest BCUT2D eigenvalue weighted by Gasteiger charge is 2.46. The SMILES string of the molecule is CC1Cc2c(oc3cccc(F)c23)C(c2c(F)cc(/C=C/C(=O)O)cc2F)N1CC(C)(C)F.C[C@@H]1Cc2c(oc3cccc(F)c23)[C@@H](c2c(F)cc(/C=C/C(=O)O)cc2F)N1CC(C)(C)F.C[C@H]1Cc2c(oc3cccc(F)c23)[C@H](c2c(F)cc(/C=C/C(=O)O)cc2F)N1CC(C)(C)F. The van der Waals surface area contributed by atoms with Gasteiger partial charge in [0.1, 0.15) is 122 Å². The molecule has 522 valence electrons. The number of hydrogen-bond donors (Lipinski definition) is 3. The number of nitrogens with zero attached hydrogens (tertiary/aromatic N) is 3. The van der Waals surface area contributed by atoms with Gasteiger partial charge in [0.2, 0.25) is 0 Å². The largest absolute Gasteiger partial charge is 0.478 e. The zero-order valence-corrected chi connectivity index (χ0v) is 55.0. The molecule has 6 atom stereocenters. The third kappa shape index (κ3) is 15.6. The van der Waals surface area contributed by atoms with Crippen molar-refractivity contribution in [2.24, 2.45) is 0 Å². The zero-order chi connectivity index (χ0) is 72.2. The minimum Gasteiger partial charge on any atom is -0.478 e. The van der Waals surface area contributed by atoms with Crippen molar-refractivity contribution in [2.45, 2.75) is 135 Å². The van der Waals surface area contributed by atoms with Gasteiger partial charge in [-0.1, -0.05) is 18.2 Å². The van der Waals surface area contributed by atoms with Crippen molar-refractivity contribution >= 4 is 69.0 Å². The van der Waals surface area contributed by atoms with Gasteiger partial charge in [-0.3, -0.25) is 14.7 Å². The van der Waals surface area contributed by atoms with Crippen molar-refractivity contribution in [1.82, 2.24) is 14.7 Å². The summed E-state index contributed by atoms with van der Waals surface area (Å²) >= 11 is 0. The predicted molar refractivity (Wildman–Crippen MR) is 348 cm³/mol. The van der Waals surface area contributed by atoms with Crippen LogP contribution < -0.4 is 0 Å². The van der Waals surface area contributed by atoms with Crippen LogP contribution in [0.25, 0.3) is 51.1 Å². The van der Waals surface area contributed by atoms with E-state index in [0.29, 0.717) is 36.0 Å². The van der Waals surface area contributed by atoms with E-state index in [2.05, 4.69) is 0 Å². The number of carboxylic acid groups (broad SMARTS) is 3. The fourth-order valence-corrected chi connectivity index (χ4v) is 13.6. The molecule has 9 aromatic rings. The van der Waals surface area contributed by atoms with Crippen LogP contribution in [0.5, 0.6) is 0 Å². The summed E-state index contributed by atoms with van der Waals surface area (Å²) in [5.74, 6) is -10.4. The second kappa shape index (κ2) is 28.1. The smallest absolute Gasteiger partial charge is 0.328 e. The molecule has 3 aliphatic rings. The number of aliphatic carboxylic acids is 3. The van der Waals surface area contributed by atoms with E-state index in [4.69, 9.17) is 28.6 Å². The standard InChI is InChI=1S/3C25H23F4NO3/c3*1-13-9-15-21-16(26)5-4-6-19(21)33-24(15)23(30(13)12-25(2,3)29)22-17(27)10-14(11-18(22)28)7-8-20(31)32/h3*4-8,10-11,13,23H,9,12H2,1-3H3,(H,31,32)/b3*8-7+/t2*13-,23-;/m10./s1. The molecule has 0 saturated carbocycles. The Balaban J connectivity index is 0.000000161. The molecule has 0 saturated heterocycles. The van der Waals surface area contributed by atoms with Crippen molar-refractivity contribution in [3.05, 3.63) is 229 Å². The summed E-state index contributed by atoms with van der Waals surface area (Å²) in [7, 11) is 0. The summed E-state index contributed by atoms with van der Waals surface area (Å²) in [6, 6.07) is 14.6. The second-order valence-electron chi connectivity index (χ2n) is 26.9. The number of halogens is 12. The number of benzene rings is 6. The molecule has 24 heteroatoms. The summed E-state index contributed by atoms with van der Waals surface area (Å²) in [6.45, 7) is 13.2. The minimum absolute atomic E-state index is 0.0215. The van der Waals surface area contributed by atoms with E-state index >= 15 is 26.3 Å². The molecule has 0 bridgehead atoms. The van der Waals surface area contributed by atoms with E-state index < -0.39 is 105 Å². The van der Waals surface area contributed by atoms with Crippen LogP contribution in [0.1, 0.15) is 148 Å². The van der Waals surface area contributed by atoms with Crippen molar-refractivity contribution in [1.29, 1.82) is 0 Å². The molecular weight excluding hydrogens is 1310 g/mol. The van der Waals surface area contributed by atoms with E-state index in [1.165, 1.54) is 77.9 Å². The quantitative estimate of drug-likeness (QED) is 0.0659. The molecule has 2 unspecified atom stereocenters. The van der Waals surface area contributed by atoms with Gasteiger partial charge in [-0.05, 0) is 189 Å². The Kier molecular flexibility index (Phi) is 20.5. The first-order valence-corrected chi connectivity index (χ1v) is 31.5. The molecule has 12 rings (SSSR count). The third-order valence-electron chi connectivity index (χ3n) is 17.4. The number of furan rings is 3. The van der Waals surface area contributed by atoms with Crippen molar-refractivity contribution in [3.63, 3.8) is 0 Å². The highest BCUT2D eigenvalue weighted by molar-refractivity contribution is 5.88. The van der Waals surface area contributed by atoms with Crippen molar-refractivity contribution in [3.8, 4) is 0 Å². The van der Waals surface area contributed by atoms with Gasteiger partial charge in [0.15, 0.2) is 0 Å². The van der Waals surface area contributed by atoms with Crippen LogP contribution >= 0.6 is 0 Å². The maximum Gasteiger partial charge on any atom is 0.328 e. The van der Waals surface area contributed by atoms with Gasteiger partial charge >= 0.3 is 17.9 Å². The van der Waals surface area contributed by atoms with Gasteiger partial charge in [0.05, 0.1) is 16.2 Å². The molecule has 99 heavy (non-hydrogen) atoms. The minimum atomic E-state index is -1.68. The van der Waals surface area contributed by atoms with E-state index in [-0.39, 0.29) is 121 Å². The van der Waals surface area contributed by atoms with E-state index in [1.54, 1.807) is 53.7 Å². The Morgan fingerprint density at radius 3 is 0.828 bits per heavy atom. The lowest BCUT2D eigenvalue weighted by Gasteiger charge is -2.42. The second-order valence-corrected chi connectivity index (χ2v) is 26.9. The zero-order valence-electron chi connectivity index (χ0n) is 55.0. The van der Waals surface area contributed by atoms with Crippen LogP contribution in [0.3, 0.4) is 0 Å². The van der Waals surface area contributed by atoms with Gasteiger partial charge in [-0.15, -0.1) is 0 Å². The molecule has 12 nitrogen and oxygen atoms in total. The molecular formula is C75H69F12N3O9. The molecule has 0 amide bonds. The van der Waals surface area contributed by atoms with Crippen LogP contribution in [0, 0.1) is 52.4 Å². The topological polar surface area (TPSA) is 161 Å². The first kappa shape index (κ1) is 72.4. The average Bonchev–Trinajstić information content (AvgIpc) is 1.65. The molecule has 0 spiro atoms. The molecule has 3 aliphatic heterocycles. The molecule has 3 N–H and O–H groups in total. The van der Waals surface area contributed by atoms with Crippen LogP contribution in [-0.4, -0.2) is 103 Å². The number of fused-ring (bicyclic) bond motifs is 9. The first-order chi connectivity index (χ1) is 46.4. The van der Waals surface area contributed by atoms with Gasteiger partial charge in [0.25, 0.3) is 0 Å². The molecule has 3 aromatic heterocycles. The van der Waals surface area contributed by atoms with Crippen LogP contribution in [0.4, 0.5) is 52.7 Å². The fraction of sp³-hybridized carbons (Fsp3) is 0.320. The Morgan fingerprint density at radius 1 is 0.404 bits per heavy atom. The molecule has 6 heterocycles. The van der Waals surface area contributed by atoms with Crippen LogP contribution in [0.15, 0.2) is 122 Å². The number of carbonyl (C=O) groups is 3. The lowest BCUT2D eigenvalue weighted by Crippen LogP contribution is -2.48. The lowest BCUT2D eigenvalue weighted by molar-refractivity contribution is -0.132. The Bertz CT molecular complexity index is 4170. The third-order valence-corrected chi connectivity index (χ3v) is 17.4. The Morgan fingerprint density at radius 2 is 0.626 bits per heavy atom. The van der Waals surface area contributed by atoms with Gasteiger partial charge < -0.3 is 28.6 Å². The highest BCUT2D eigenvalue weighted by Crippen LogP contribution is 2.49. The normalized spacial score (nSPS) is 19.4. The van der Waals surface area contributed by atoms with Crippen LogP contribution in [0.2, 0.25) is 0 Å². The maximum atomic E-state index is 15.3. The molecule has 0 aliphatic carbocycles. The average molecular weight is 1380 g/mol. The molecule has 0 radical (unpaired) electrons. The van der Waals surface area contributed by atoms with Crippen molar-refractivity contribution in [2.75, 3.05) is 19.6 Å². The van der Waals surface area contributed by atoms with Gasteiger partial charge in [-0.2, -0.15) is 0 Å². The van der Waals surface area contributed by atoms with Gasteiger partial charge in [-0.25, -0.2) is 67.1 Å². The monoisotopic (exact) mass is 1380 g/mol. The van der Waals surface area contributed by atoms with Gasteiger partial charge in [0, 0.05) is 89.4 Å². The van der Waals surface area contributed by atoms with Crippen LogP contribution in [-0.2, 0) is 33.6 Å². The number of hydrogen-bond acceptors (Lipinski definition) is 9. The predicted octanol–water partition coefficient (Wildman–Crippen LogP) is 18.1. The van der Waals surface area contributed by atoms with E-state index in [9.17, 15) is 40.7 Å².